The zero-order valence-corrected chi connectivity index (χ0v) is 9.59. The smallest absolute Gasteiger partial charge is 0.0567 e. The molecular weight excluding hydrogens is 194 g/mol. The first-order valence-corrected chi connectivity index (χ1v) is 4.94. The number of alkyl halides is 1. The summed E-state index contributed by atoms with van der Waals surface area (Å²) in [4.78, 5) is -0.222. The summed E-state index contributed by atoms with van der Waals surface area (Å²) in [5.41, 5.74) is 6.54. The van der Waals surface area contributed by atoms with Gasteiger partial charge in [0.1, 0.15) is 0 Å². The molecule has 2 heteroatoms. The lowest BCUT2D eigenvalue weighted by atomic mass is 10.2. The van der Waals surface area contributed by atoms with Crippen molar-refractivity contribution in [1.82, 2.24) is 0 Å². The Bertz CT molecular complexity index is 249. The first-order chi connectivity index (χ1) is 6.49. The van der Waals surface area contributed by atoms with E-state index < -0.39 is 0 Å². The van der Waals surface area contributed by atoms with E-state index in [1.165, 1.54) is 5.56 Å². The zero-order valence-electron chi connectivity index (χ0n) is 8.83. The third kappa shape index (κ3) is 7.84. The molecule has 14 heavy (non-hydrogen) atoms. The number of allylic oxidation sites excluding steroid dienone is 1. The van der Waals surface area contributed by atoms with Gasteiger partial charge in [-0.3, -0.25) is 0 Å². The number of hydrogen-bond donors (Lipinski definition) is 1. The number of benzene rings is 1. The number of nitrogens with two attached hydrogens (primary N) is 1. The van der Waals surface area contributed by atoms with Crippen molar-refractivity contribution in [3.63, 3.8) is 0 Å². The van der Waals surface area contributed by atoms with E-state index in [1.807, 2.05) is 44.2 Å². The van der Waals surface area contributed by atoms with E-state index in [0.717, 1.165) is 0 Å². The van der Waals surface area contributed by atoms with Crippen LogP contribution in [0.4, 0.5) is 0 Å². The molecule has 0 aliphatic carbocycles. The molecule has 0 aromatic heterocycles. The van der Waals surface area contributed by atoms with Crippen molar-refractivity contribution in [2.75, 3.05) is 0 Å². The number of hydrogen-bond acceptors (Lipinski definition) is 1. The largest absolute Gasteiger partial charge is 0.326 e. The highest BCUT2D eigenvalue weighted by Crippen LogP contribution is 2.11. The van der Waals surface area contributed by atoms with Crippen molar-refractivity contribution < 1.29 is 0 Å². The Balaban J connectivity index is 0.000000255. The molecule has 0 saturated heterocycles. The van der Waals surface area contributed by atoms with Gasteiger partial charge >= 0.3 is 0 Å². The van der Waals surface area contributed by atoms with Crippen LogP contribution in [0.25, 0.3) is 0 Å². The van der Waals surface area contributed by atoms with Crippen LogP contribution in [0, 0.1) is 0 Å². The fraction of sp³-hybridized carbons (Fsp3) is 0.333. The summed E-state index contributed by atoms with van der Waals surface area (Å²) in [6, 6.07) is 9.99. The minimum absolute atomic E-state index is 0.222. The molecule has 1 aromatic carbocycles. The normalized spacial score (nSPS) is 10.0. The number of rotatable bonds is 2. The Morgan fingerprint density at radius 3 is 2.00 bits per heavy atom. The third-order valence-corrected chi connectivity index (χ3v) is 1.72. The molecule has 0 amide bonds. The van der Waals surface area contributed by atoms with E-state index in [-0.39, 0.29) is 4.87 Å². The molecule has 0 radical (unpaired) electrons. The topological polar surface area (TPSA) is 26.0 Å². The van der Waals surface area contributed by atoms with Crippen molar-refractivity contribution >= 4 is 11.6 Å². The van der Waals surface area contributed by atoms with E-state index in [4.69, 9.17) is 17.3 Å². The monoisotopic (exact) mass is 211 g/mol. The molecule has 0 aliphatic rings. The van der Waals surface area contributed by atoms with E-state index in [2.05, 4.69) is 6.58 Å². The van der Waals surface area contributed by atoms with Gasteiger partial charge in [-0.2, -0.15) is 0 Å². The van der Waals surface area contributed by atoms with Crippen LogP contribution in [0.15, 0.2) is 43.0 Å². The lowest BCUT2D eigenvalue weighted by molar-refractivity contribution is 0.885. The quantitative estimate of drug-likeness (QED) is 0.590. The van der Waals surface area contributed by atoms with Gasteiger partial charge in [0.05, 0.1) is 4.87 Å². The second kappa shape index (κ2) is 6.63. The molecular formula is C12H18ClN. The minimum Gasteiger partial charge on any atom is -0.326 e. The van der Waals surface area contributed by atoms with Crippen molar-refractivity contribution in [3.05, 3.63) is 48.6 Å². The Kier molecular flexibility index (Phi) is 6.26. The van der Waals surface area contributed by atoms with Crippen LogP contribution in [-0.2, 0) is 6.54 Å². The molecule has 2 N–H and O–H groups in total. The molecule has 0 bridgehead atoms. The Hall–Kier alpha value is -0.790. The SMILES string of the molecule is C=CC(C)(C)Cl.NCc1ccccc1. The van der Waals surface area contributed by atoms with Gasteiger partial charge in [0.2, 0.25) is 0 Å². The molecule has 1 rings (SSSR count). The summed E-state index contributed by atoms with van der Waals surface area (Å²) >= 11 is 5.60. The molecule has 0 spiro atoms. The van der Waals surface area contributed by atoms with E-state index in [1.54, 1.807) is 6.08 Å². The lowest BCUT2D eigenvalue weighted by Crippen LogP contribution is -2.01. The van der Waals surface area contributed by atoms with Gasteiger partial charge < -0.3 is 5.73 Å². The Morgan fingerprint density at radius 2 is 1.79 bits per heavy atom. The van der Waals surface area contributed by atoms with Crippen LogP contribution in [0.2, 0.25) is 0 Å². The van der Waals surface area contributed by atoms with Crippen LogP contribution in [-0.4, -0.2) is 4.87 Å². The van der Waals surface area contributed by atoms with Gasteiger partial charge in [-0.25, -0.2) is 0 Å². The first-order valence-electron chi connectivity index (χ1n) is 4.56. The van der Waals surface area contributed by atoms with Crippen LogP contribution in [0.5, 0.6) is 0 Å². The van der Waals surface area contributed by atoms with Crippen LogP contribution < -0.4 is 5.73 Å². The average molecular weight is 212 g/mol. The third-order valence-electron chi connectivity index (χ3n) is 1.56. The summed E-state index contributed by atoms with van der Waals surface area (Å²) in [7, 11) is 0. The molecule has 0 heterocycles. The molecule has 0 unspecified atom stereocenters. The van der Waals surface area contributed by atoms with Gasteiger partial charge in [0.25, 0.3) is 0 Å². The molecule has 78 valence electrons. The van der Waals surface area contributed by atoms with Gasteiger partial charge in [0.15, 0.2) is 0 Å². The maximum absolute atomic E-state index is 5.60. The second-order valence-corrected chi connectivity index (χ2v) is 4.43. The highest BCUT2D eigenvalue weighted by molar-refractivity contribution is 6.24. The maximum Gasteiger partial charge on any atom is 0.0567 e. The van der Waals surface area contributed by atoms with E-state index in [9.17, 15) is 0 Å². The molecule has 0 saturated carbocycles. The summed E-state index contributed by atoms with van der Waals surface area (Å²) in [5, 5.41) is 0. The average Bonchev–Trinajstić information content (AvgIpc) is 2.19. The molecule has 0 aliphatic heterocycles. The van der Waals surface area contributed by atoms with Gasteiger partial charge in [-0.05, 0) is 19.4 Å². The highest BCUT2D eigenvalue weighted by Gasteiger charge is 2.03. The predicted octanol–water partition coefficient (Wildman–Crippen LogP) is 3.34. The van der Waals surface area contributed by atoms with Crippen LogP contribution in [0.3, 0.4) is 0 Å². The highest BCUT2D eigenvalue weighted by atomic mass is 35.5. The zero-order chi connectivity index (χ0) is 11.0. The molecule has 1 aromatic rings. The lowest BCUT2D eigenvalue weighted by Gasteiger charge is -2.04. The number of halogens is 1. The van der Waals surface area contributed by atoms with E-state index >= 15 is 0 Å². The molecule has 0 fully saturated rings. The summed E-state index contributed by atoms with van der Waals surface area (Å²) < 4.78 is 0. The summed E-state index contributed by atoms with van der Waals surface area (Å²) in [6.45, 7) is 7.92. The van der Waals surface area contributed by atoms with Crippen LogP contribution in [0.1, 0.15) is 19.4 Å². The summed E-state index contributed by atoms with van der Waals surface area (Å²) in [6.07, 6.45) is 1.70. The molecule has 0 atom stereocenters. The van der Waals surface area contributed by atoms with Crippen molar-refractivity contribution in [2.24, 2.45) is 5.73 Å². The maximum atomic E-state index is 5.60. The van der Waals surface area contributed by atoms with Crippen molar-refractivity contribution in [1.29, 1.82) is 0 Å². The second-order valence-electron chi connectivity index (χ2n) is 3.46. The Morgan fingerprint density at radius 1 is 1.36 bits per heavy atom. The van der Waals surface area contributed by atoms with Gasteiger partial charge in [-0.1, -0.05) is 36.4 Å². The summed E-state index contributed by atoms with van der Waals surface area (Å²) in [5.74, 6) is 0. The first kappa shape index (κ1) is 13.2. The standard InChI is InChI=1S/C7H9N.C5H9Cl/c8-6-7-4-2-1-3-5-7;1-4-5(2,3)6/h1-5H,6,8H2;4H,1H2,2-3H3. The fourth-order valence-electron chi connectivity index (χ4n) is 0.614. The predicted molar refractivity (Wildman–Crippen MR) is 64.5 cm³/mol. The molecule has 1 nitrogen and oxygen atoms in total. The van der Waals surface area contributed by atoms with Crippen LogP contribution >= 0.6 is 11.6 Å². The van der Waals surface area contributed by atoms with E-state index in [0.29, 0.717) is 6.54 Å². The Labute approximate surface area is 91.6 Å². The fourth-order valence-corrected chi connectivity index (χ4v) is 0.614. The van der Waals surface area contributed by atoms with Gasteiger partial charge in [-0.15, -0.1) is 18.2 Å². The van der Waals surface area contributed by atoms with Crippen molar-refractivity contribution in [3.8, 4) is 0 Å². The minimum atomic E-state index is -0.222. The van der Waals surface area contributed by atoms with Gasteiger partial charge in [0, 0.05) is 6.54 Å². The van der Waals surface area contributed by atoms with Crippen molar-refractivity contribution in [2.45, 2.75) is 25.3 Å².